The molecule has 0 aliphatic heterocycles. The van der Waals surface area contributed by atoms with Crippen molar-refractivity contribution in [3.05, 3.63) is 29.8 Å². The summed E-state index contributed by atoms with van der Waals surface area (Å²) in [4.78, 5) is 11.6. The van der Waals surface area contributed by atoms with E-state index in [1.54, 1.807) is 24.3 Å². The molecule has 0 radical (unpaired) electrons. The molecule has 0 heterocycles. The Kier molecular flexibility index (Phi) is 4.07. The van der Waals surface area contributed by atoms with Crippen LogP contribution in [0.15, 0.2) is 24.3 Å². The molecule has 0 aliphatic rings. The van der Waals surface area contributed by atoms with Gasteiger partial charge < -0.3 is 10.8 Å². The van der Waals surface area contributed by atoms with E-state index in [0.717, 1.165) is 5.56 Å². The predicted molar refractivity (Wildman–Crippen MR) is 64.3 cm³/mol. The molecule has 1 aromatic carbocycles. The van der Waals surface area contributed by atoms with Crippen molar-refractivity contribution in [1.29, 1.82) is 0 Å². The zero-order valence-electron chi connectivity index (χ0n) is 9.86. The molecule has 0 amide bonds. The first-order chi connectivity index (χ1) is 7.37. The average molecular weight is 221 g/mol. The van der Waals surface area contributed by atoms with Crippen LogP contribution in [-0.2, 0) is 11.2 Å². The van der Waals surface area contributed by atoms with E-state index in [9.17, 15) is 4.79 Å². The normalized spacial score (nSPS) is 11.4. The second-order valence-corrected chi connectivity index (χ2v) is 4.87. The lowest BCUT2D eigenvalue weighted by Crippen LogP contribution is -2.32. The molecule has 3 N–H and O–H groups in total. The van der Waals surface area contributed by atoms with Crippen LogP contribution in [0.4, 0.5) is 0 Å². The molecule has 3 heteroatoms. The Labute approximate surface area is 96.3 Å². The topological polar surface area (TPSA) is 63.3 Å². The van der Waals surface area contributed by atoms with Crippen LogP contribution in [0, 0.1) is 0 Å². The number of ketones is 1. The molecule has 0 fully saturated rings. The number of Topliss-reactive ketones (excluding diaryl/α,β-unsaturated/α-hetero) is 1. The van der Waals surface area contributed by atoms with E-state index in [1.807, 2.05) is 13.8 Å². The van der Waals surface area contributed by atoms with Gasteiger partial charge in [-0.15, -0.1) is 0 Å². The maximum absolute atomic E-state index is 11.6. The van der Waals surface area contributed by atoms with E-state index in [-0.39, 0.29) is 17.1 Å². The van der Waals surface area contributed by atoms with E-state index in [4.69, 9.17) is 10.8 Å². The zero-order valence-corrected chi connectivity index (χ0v) is 9.86. The second kappa shape index (κ2) is 5.12. The summed E-state index contributed by atoms with van der Waals surface area (Å²) < 4.78 is 0. The van der Waals surface area contributed by atoms with E-state index in [0.29, 0.717) is 19.3 Å². The van der Waals surface area contributed by atoms with E-state index >= 15 is 0 Å². The van der Waals surface area contributed by atoms with Crippen molar-refractivity contribution in [3.63, 3.8) is 0 Å². The van der Waals surface area contributed by atoms with Gasteiger partial charge in [0.05, 0.1) is 0 Å². The highest BCUT2D eigenvalue weighted by Gasteiger charge is 2.13. The summed E-state index contributed by atoms with van der Waals surface area (Å²) in [5, 5.41) is 9.10. The van der Waals surface area contributed by atoms with Crippen molar-refractivity contribution >= 4 is 5.78 Å². The van der Waals surface area contributed by atoms with Crippen molar-refractivity contribution in [2.75, 3.05) is 0 Å². The van der Waals surface area contributed by atoms with Crippen molar-refractivity contribution in [2.24, 2.45) is 5.73 Å². The number of phenols is 1. The number of phenolic OH excluding ortho intramolecular Hbond substituents is 1. The lowest BCUT2D eigenvalue weighted by Gasteiger charge is -2.17. The minimum absolute atomic E-state index is 0.184. The lowest BCUT2D eigenvalue weighted by molar-refractivity contribution is -0.118. The Hall–Kier alpha value is -1.35. The van der Waals surface area contributed by atoms with Gasteiger partial charge in [0.2, 0.25) is 0 Å². The van der Waals surface area contributed by atoms with Crippen LogP contribution in [0.1, 0.15) is 32.3 Å². The van der Waals surface area contributed by atoms with Crippen molar-refractivity contribution in [2.45, 2.75) is 38.6 Å². The number of hydrogen-bond donors (Lipinski definition) is 2. The molecule has 0 atom stereocenters. The highest BCUT2D eigenvalue weighted by molar-refractivity contribution is 5.80. The molecule has 1 aromatic rings. The molecule has 0 aliphatic carbocycles. The first kappa shape index (κ1) is 12.7. The van der Waals surface area contributed by atoms with Gasteiger partial charge in [-0.05, 0) is 38.0 Å². The molecule has 0 bridgehead atoms. The minimum Gasteiger partial charge on any atom is -0.508 e. The number of nitrogens with two attached hydrogens (primary N) is 1. The molecule has 0 spiro atoms. The molecular weight excluding hydrogens is 202 g/mol. The quantitative estimate of drug-likeness (QED) is 0.799. The van der Waals surface area contributed by atoms with Crippen molar-refractivity contribution in [1.82, 2.24) is 0 Å². The van der Waals surface area contributed by atoms with Gasteiger partial charge in [-0.25, -0.2) is 0 Å². The van der Waals surface area contributed by atoms with Gasteiger partial charge in [-0.2, -0.15) is 0 Å². The van der Waals surface area contributed by atoms with Gasteiger partial charge in [0.25, 0.3) is 0 Å². The highest BCUT2D eigenvalue weighted by Crippen LogP contribution is 2.13. The van der Waals surface area contributed by atoms with Crippen LogP contribution in [0.2, 0.25) is 0 Å². The molecule has 1 rings (SSSR count). The van der Waals surface area contributed by atoms with Gasteiger partial charge >= 0.3 is 0 Å². The SMILES string of the molecule is CC(C)(N)CCC(=O)Cc1ccc(O)cc1. The summed E-state index contributed by atoms with van der Waals surface area (Å²) in [5.74, 6) is 0.406. The summed E-state index contributed by atoms with van der Waals surface area (Å²) in [5.41, 5.74) is 6.45. The number of benzene rings is 1. The van der Waals surface area contributed by atoms with Gasteiger partial charge in [0.1, 0.15) is 11.5 Å². The van der Waals surface area contributed by atoms with Gasteiger partial charge in [-0.1, -0.05) is 12.1 Å². The van der Waals surface area contributed by atoms with Gasteiger partial charge in [0, 0.05) is 18.4 Å². The van der Waals surface area contributed by atoms with Crippen LogP contribution in [0.3, 0.4) is 0 Å². The Bertz CT molecular complexity index is 349. The summed E-state index contributed by atoms with van der Waals surface area (Å²) in [6.45, 7) is 3.83. The summed E-state index contributed by atoms with van der Waals surface area (Å²) in [7, 11) is 0. The Morgan fingerprint density at radius 1 is 1.31 bits per heavy atom. The third-order valence-corrected chi connectivity index (χ3v) is 2.39. The summed E-state index contributed by atoms with van der Waals surface area (Å²) >= 11 is 0. The molecule has 0 saturated heterocycles. The molecule has 3 nitrogen and oxygen atoms in total. The predicted octanol–water partition coefficient (Wildman–Crippen LogP) is 2.02. The smallest absolute Gasteiger partial charge is 0.137 e. The summed E-state index contributed by atoms with van der Waals surface area (Å²) in [6, 6.07) is 6.71. The highest BCUT2D eigenvalue weighted by atomic mass is 16.3. The Balaban J connectivity index is 2.43. The maximum atomic E-state index is 11.6. The minimum atomic E-state index is -0.287. The summed E-state index contributed by atoms with van der Waals surface area (Å²) in [6.07, 6.45) is 1.62. The van der Waals surface area contributed by atoms with E-state index in [1.165, 1.54) is 0 Å². The van der Waals surface area contributed by atoms with Crippen LogP contribution < -0.4 is 5.73 Å². The second-order valence-electron chi connectivity index (χ2n) is 4.87. The first-order valence-electron chi connectivity index (χ1n) is 5.45. The fraction of sp³-hybridized carbons (Fsp3) is 0.462. The van der Waals surface area contributed by atoms with Crippen LogP contribution in [0.25, 0.3) is 0 Å². The maximum Gasteiger partial charge on any atom is 0.137 e. The van der Waals surface area contributed by atoms with Crippen LogP contribution in [0.5, 0.6) is 5.75 Å². The van der Waals surface area contributed by atoms with Crippen LogP contribution >= 0.6 is 0 Å². The number of carbonyl (C=O) groups is 1. The standard InChI is InChI=1S/C13H19NO2/c1-13(2,14)8-7-12(16)9-10-3-5-11(15)6-4-10/h3-6,15H,7-9,14H2,1-2H3. The molecule has 0 saturated carbocycles. The third kappa shape index (κ3) is 4.94. The monoisotopic (exact) mass is 221 g/mol. The van der Waals surface area contributed by atoms with E-state index < -0.39 is 0 Å². The number of aromatic hydroxyl groups is 1. The van der Waals surface area contributed by atoms with Gasteiger partial charge in [-0.3, -0.25) is 4.79 Å². The Morgan fingerprint density at radius 2 is 1.88 bits per heavy atom. The average Bonchev–Trinajstić information content (AvgIpc) is 2.18. The largest absolute Gasteiger partial charge is 0.508 e. The first-order valence-corrected chi connectivity index (χ1v) is 5.45. The number of hydrogen-bond acceptors (Lipinski definition) is 3. The van der Waals surface area contributed by atoms with E-state index in [2.05, 4.69) is 0 Å². The van der Waals surface area contributed by atoms with Gasteiger partial charge in [0.15, 0.2) is 0 Å². The molecule has 0 aromatic heterocycles. The third-order valence-electron chi connectivity index (χ3n) is 2.39. The fourth-order valence-electron chi connectivity index (χ4n) is 1.39. The number of rotatable bonds is 5. The Morgan fingerprint density at radius 3 is 2.38 bits per heavy atom. The molecular formula is C13H19NO2. The fourth-order valence-corrected chi connectivity index (χ4v) is 1.39. The van der Waals surface area contributed by atoms with Crippen molar-refractivity contribution < 1.29 is 9.90 Å². The van der Waals surface area contributed by atoms with Crippen LogP contribution in [-0.4, -0.2) is 16.4 Å². The number of carbonyl (C=O) groups excluding carboxylic acids is 1. The van der Waals surface area contributed by atoms with Crippen molar-refractivity contribution in [3.8, 4) is 5.75 Å². The molecule has 16 heavy (non-hydrogen) atoms. The molecule has 0 unspecified atom stereocenters. The zero-order chi connectivity index (χ0) is 12.2. The molecule has 88 valence electrons. The lowest BCUT2D eigenvalue weighted by atomic mass is 9.96.